The fourth-order valence-electron chi connectivity index (χ4n) is 3.64. The summed E-state index contributed by atoms with van der Waals surface area (Å²) in [5.74, 6) is 1.62. The van der Waals surface area contributed by atoms with Crippen LogP contribution in [0.25, 0.3) is 0 Å². The summed E-state index contributed by atoms with van der Waals surface area (Å²) in [5.41, 5.74) is 1.92. The van der Waals surface area contributed by atoms with Crippen LogP contribution in [0.4, 0.5) is 0 Å². The molecule has 1 atom stereocenters. The van der Waals surface area contributed by atoms with Crippen LogP contribution in [0.2, 0.25) is 5.02 Å². The molecule has 30 heavy (non-hydrogen) atoms. The molecule has 2 aromatic carbocycles. The smallest absolute Gasteiger partial charge is 0.234 e. The van der Waals surface area contributed by atoms with Gasteiger partial charge in [-0.15, -0.1) is 0 Å². The maximum absolute atomic E-state index is 12.7. The molecule has 0 bridgehead atoms. The molecule has 1 amide bonds. The molecule has 1 N–H and O–H groups in total. The fourth-order valence-corrected chi connectivity index (χ4v) is 3.93. The highest BCUT2D eigenvalue weighted by Crippen LogP contribution is 2.38. The van der Waals surface area contributed by atoms with Crippen LogP contribution in [0.5, 0.6) is 17.2 Å². The van der Waals surface area contributed by atoms with Crippen molar-refractivity contribution < 1.29 is 19.0 Å². The third-order valence-corrected chi connectivity index (χ3v) is 5.75. The Balaban J connectivity index is 1.66. The Kier molecular flexibility index (Phi) is 7.45. The fraction of sp³-hybridized carbons (Fsp3) is 0.435. The number of nitrogens with zero attached hydrogens (tertiary/aromatic N) is 1. The summed E-state index contributed by atoms with van der Waals surface area (Å²) in [6.45, 7) is 2.79. The largest absolute Gasteiger partial charge is 0.493 e. The summed E-state index contributed by atoms with van der Waals surface area (Å²) in [5, 5.41) is 3.74. The van der Waals surface area contributed by atoms with E-state index < -0.39 is 0 Å². The van der Waals surface area contributed by atoms with Gasteiger partial charge in [-0.25, -0.2) is 0 Å². The van der Waals surface area contributed by atoms with Gasteiger partial charge in [0.05, 0.1) is 27.9 Å². The zero-order valence-corrected chi connectivity index (χ0v) is 18.7. The zero-order valence-electron chi connectivity index (χ0n) is 17.9. The third kappa shape index (κ3) is 5.18. The number of carbonyl (C=O) groups is 1. The number of nitrogens with one attached hydrogen (secondary N) is 1. The van der Waals surface area contributed by atoms with Crippen LogP contribution in [-0.2, 0) is 11.3 Å². The van der Waals surface area contributed by atoms with Gasteiger partial charge in [0.2, 0.25) is 11.7 Å². The minimum absolute atomic E-state index is 0.0328. The highest BCUT2D eigenvalue weighted by Gasteiger charge is 2.34. The van der Waals surface area contributed by atoms with E-state index in [4.69, 9.17) is 25.8 Å². The van der Waals surface area contributed by atoms with Crippen molar-refractivity contribution >= 4 is 17.5 Å². The molecule has 0 radical (unpaired) electrons. The van der Waals surface area contributed by atoms with E-state index in [1.807, 2.05) is 36.4 Å². The van der Waals surface area contributed by atoms with Crippen molar-refractivity contribution in [2.45, 2.75) is 38.4 Å². The number of halogens is 1. The normalized spacial score (nSPS) is 14.3. The SMILES string of the molecule is COc1cc(CNC(=O)CN(C2CC2)C(C)c2ccccc2Cl)cc(OC)c1OC. The molecule has 7 heteroatoms. The molecule has 3 rings (SSSR count). The first kappa shape index (κ1) is 22.2. The van der Waals surface area contributed by atoms with Crippen molar-refractivity contribution in [2.75, 3.05) is 27.9 Å². The van der Waals surface area contributed by atoms with Crippen molar-refractivity contribution in [1.29, 1.82) is 0 Å². The van der Waals surface area contributed by atoms with E-state index in [0.29, 0.717) is 36.4 Å². The Bertz CT molecular complexity index is 860. The van der Waals surface area contributed by atoms with Crippen LogP contribution in [0.15, 0.2) is 36.4 Å². The summed E-state index contributed by atoms with van der Waals surface area (Å²) < 4.78 is 16.1. The second-order valence-electron chi connectivity index (χ2n) is 7.41. The Morgan fingerprint density at radius 3 is 2.30 bits per heavy atom. The van der Waals surface area contributed by atoms with Gasteiger partial charge in [0, 0.05) is 23.7 Å². The first-order valence-electron chi connectivity index (χ1n) is 10.0. The number of amides is 1. The lowest BCUT2D eigenvalue weighted by molar-refractivity contribution is -0.123. The monoisotopic (exact) mass is 432 g/mol. The highest BCUT2D eigenvalue weighted by atomic mass is 35.5. The van der Waals surface area contributed by atoms with Crippen molar-refractivity contribution in [3.05, 3.63) is 52.5 Å². The van der Waals surface area contributed by atoms with Gasteiger partial charge in [-0.1, -0.05) is 29.8 Å². The van der Waals surface area contributed by atoms with Crippen molar-refractivity contribution in [2.24, 2.45) is 0 Å². The summed E-state index contributed by atoms with van der Waals surface area (Å²) in [6, 6.07) is 12.0. The van der Waals surface area contributed by atoms with Gasteiger partial charge in [0.1, 0.15) is 0 Å². The van der Waals surface area contributed by atoms with E-state index in [9.17, 15) is 4.79 Å². The quantitative estimate of drug-likeness (QED) is 0.609. The number of methoxy groups -OCH3 is 3. The second-order valence-corrected chi connectivity index (χ2v) is 7.82. The number of hydrogen-bond acceptors (Lipinski definition) is 5. The van der Waals surface area contributed by atoms with Crippen LogP contribution in [0.1, 0.15) is 36.9 Å². The lowest BCUT2D eigenvalue weighted by Gasteiger charge is -2.29. The van der Waals surface area contributed by atoms with Gasteiger partial charge in [-0.05, 0) is 49.1 Å². The molecule has 1 aliphatic rings. The number of carbonyl (C=O) groups excluding carboxylic acids is 1. The van der Waals surface area contributed by atoms with Crippen molar-refractivity contribution in [3.63, 3.8) is 0 Å². The van der Waals surface area contributed by atoms with Gasteiger partial charge in [0.15, 0.2) is 11.5 Å². The summed E-state index contributed by atoms with van der Waals surface area (Å²) in [7, 11) is 4.71. The Hall–Kier alpha value is -2.44. The van der Waals surface area contributed by atoms with Gasteiger partial charge >= 0.3 is 0 Å². The predicted molar refractivity (Wildman–Crippen MR) is 118 cm³/mol. The molecule has 2 aromatic rings. The standard InChI is InChI=1S/C23H29ClN2O4/c1-15(18-7-5-6-8-19(18)24)26(17-9-10-17)14-22(27)25-13-16-11-20(28-2)23(30-4)21(12-16)29-3/h5-8,11-12,15,17H,9-10,13-14H2,1-4H3,(H,25,27). The molecule has 0 spiro atoms. The lowest BCUT2D eigenvalue weighted by Crippen LogP contribution is -2.39. The molecule has 0 heterocycles. The molecule has 0 aliphatic heterocycles. The zero-order chi connectivity index (χ0) is 21.7. The summed E-state index contributed by atoms with van der Waals surface area (Å²) in [4.78, 5) is 15.0. The van der Waals surface area contributed by atoms with E-state index in [-0.39, 0.29) is 11.9 Å². The lowest BCUT2D eigenvalue weighted by atomic mass is 10.1. The summed E-state index contributed by atoms with van der Waals surface area (Å²) in [6.07, 6.45) is 2.21. The number of hydrogen-bond donors (Lipinski definition) is 1. The van der Waals surface area contributed by atoms with Crippen LogP contribution in [0, 0.1) is 0 Å². The van der Waals surface area contributed by atoms with Crippen LogP contribution >= 0.6 is 11.6 Å². The molecule has 6 nitrogen and oxygen atoms in total. The maximum atomic E-state index is 12.7. The van der Waals surface area contributed by atoms with E-state index in [2.05, 4.69) is 17.1 Å². The molecule has 1 fully saturated rings. The predicted octanol–water partition coefficient (Wildman–Crippen LogP) is 4.21. The summed E-state index contributed by atoms with van der Waals surface area (Å²) >= 11 is 6.39. The average molecular weight is 433 g/mol. The Morgan fingerprint density at radius 2 is 1.77 bits per heavy atom. The van der Waals surface area contributed by atoms with Crippen molar-refractivity contribution in [1.82, 2.24) is 10.2 Å². The minimum atomic E-state index is -0.0328. The number of benzene rings is 2. The van der Waals surface area contributed by atoms with Crippen LogP contribution in [0.3, 0.4) is 0 Å². The molecule has 0 aromatic heterocycles. The molecule has 1 unspecified atom stereocenters. The first-order chi connectivity index (χ1) is 14.5. The topological polar surface area (TPSA) is 60.0 Å². The van der Waals surface area contributed by atoms with Crippen molar-refractivity contribution in [3.8, 4) is 17.2 Å². The second kappa shape index (κ2) is 10.0. The molecule has 1 aliphatic carbocycles. The van der Waals surface area contributed by atoms with E-state index in [0.717, 1.165) is 29.0 Å². The Labute approximate surface area is 183 Å². The Morgan fingerprint density at radius 1 is 1.13 bits per heavy atom. The molecule has 0 saturated heterocycles. The average Bonchev–Trinajstić information content (AvgIpc) is 3.60. The van der Waals surface area contributed by atoms with Gasteiger partial charge in [-0.2, -0.15) is 0 Å². The van der Waals surface area contributed by atoms with Crippen LogP contribution < -0.4 is 19.5 Å². The third-order valence-electron chi connectivity index (χ3n) is 5.41. The molecule has 162 valence electrons. The first-order valence-corrected chi connectivity index (χ1v) is 10.4. The molecular formula is C23H29ClN2O4. The number of rotatable bonds is 10. The maximum Gasteiger partial charge on any atom is 0.234 e. The highest BCUT2D eigenvalue weighted by molar-refractivity contribution is 6.31. The minimum Gasteiger partial charge on any atom is -0.493 e. The van der Waals surface area contributed by atoms with E-state index in [1.54, 1.807) is 21.3 Å². The van der Waals surface area contributed by atoms with E-state index in [1.165, 1.54) is 0 Å². The molecule has 1 saturated carbocycles. The van der Waals surface area contributed by atoms with Gasteiger partial charge in [0.25, 0.3) is 0 Å². The van der Waals surface area contributed by atoms with Crippen LogP contribution in [-0.4, -0.2) is 44.7 Å². The van der Waals surface area contributed by atoms with Gasteiger partial charge < -0.3 is 19.5 Å². The van der Waals surface area contributed by atoms with Gasteiger partial charge in [-0.3, -0.25) is 9.69 Å². The number of ether oxygens (including phenoxy) is 3. The van der Waals surface area contributed by atoms with E-state index >= 15 is 0 Å². The molecular weight excluding hydrogens is 404 g/mol.